The van der Waals surface area contributed by atoms with Crippen LogP contribution in [0.15, 0.2) is 66.0 Å². The number of carbonyl (C=O) groups excluding carboxylic acids is 1. The zero-order chi connectivity index (χ0) is 20.1. The van der Waals surface area contributed by atoms with Crippen LogP contribution in [0.5, 0.6) is 0 Å². The summed E-state index contributed by atoms with van der Waals surface area (Å²) >= 11 is 1.74. The molecule has 0 spiro atoms. The topological polar surface area (TPSA) is 32.3 Å². The first-order chi connectivity index (χ1) is 14.2. The highest BCUT2D eigenvalue weighted by Gasteiger charge is 2.19. The molecule has 0 bridgehead atoms. The van der Waals surface area contributed by atoms with Crippen LogP contribution in [0.2, 0.25) is 0 Å². The minimum atomic E-state index is -0.0242. The van der Waals surface area contributed by atoms with Gasteiger partial charge in [-0.2, -0.15) is 0 Å². The summed E-state index contributed by atoms with van der Waals surface area (Å²) in [4.78, 5) is 16.5. The Labute approximate surface area is 177 Å². The van der Waals surface area contributed by atoms with Gasteiger partial charge in [0.2, 0.25) is 0 Å². The van der Waals surface area contributed by atoms with E-state index in [0.29, 0.717) is 5.92 Å². The molecule has 2 aromatic carbocycles. The second-order valence-electron chi connectivity index (χ2n) is 7.89. The Bertz CT molecular complexity index is 944. The Morgan fingerprint density at radius 2 is 1.76 bits per heavy atom. The second kappa shape index (κ2) is 9.27. The number of carbonyl (C=O) groups is 1. The van der Waals surface area contributed by atoms with Crippen LogP contribution in [0.4, 0.5) is 11.4 Å². The lowest BCUT2D eigenvalue weighted by atomic mass is 9.88. The molecule has 0 saturated heterocycles. The van der Waals surface area contributed by atoms with Crippen LogP contribution in [0.3, 0.4) is 0 Å². The molecule has 150 valence electrons. The summed E-state index contributed by atoms with van der Waals surface area (Å²) in [5.41, 5.74) is 3.89. The molecule has 0 radical (unpaired) electrons. The molecule has 3 nitrogen and oxygen atoms in total. The van der Waals surface area contributed by atoms with Gasteiger partial charge in [0.25, 0.3) is 5.91 Å². The van der Waals surface area contributed by atoms with Crippen molar-refractivity contribution >= 4 is 28.6 Å². The van der Waals surface area contributed by atoms with Gasteiger partial charge in [0.1, 0.15) is 0 Å². The molecular formula is C25H28N2OS. The number of nitrogens with zero attached hydrogens (tertiary/aromatic N) is 1. The molecule has 4 rings (SSSR count). The van der Waals surface area contributed by atoms with Gasteiger partial charge in [-0.1, -0.05) is 61.7 Å². The summed E-state index contributed by atoms with van der Waals surface area (Å²) in [6.07, 6.45) is 6.49. The molecule has 0 unspecified atom stereocenters. The Balaban J connectivity index is 1.47. The van der Waals surface area contributed by atoms with Crippen LogP contribution >= 0.6 is 11.3 Å². The van der Waals surface area contributed by atoms with Crippen molar-refractivity contribution in [3.63, 3.8) is 0 Å². The number of para-hydroxylation sites is 2. The summed E-state index contributed by atoms with van der Waals surface area (Å²) in [6.45, 7) is 0.790. The number of hydrogen-bond acceptors (Lipinski definition) is 3. The van der Waals surface area contributed by atoms with Gasteiger partial charge in [-0.15, -0.1) is 11.3 Å². The molecule has 3 aromatic rings. The average molecular weight is 405 g/mol. The van der Waals surface area contributed by atoms with Crippen LogP contribution in [0, 0.1) is 0 Å². The standard InChI is InChI=1S/C25H28N2OS/c1-27(17-19-10-4-2-5-11-19)23-15-9-8-14-22(23)26-25(28)21-16-24(29-18-21)20-12-6-3-7-13-20/h2,4-5,8-11,14-16,18,20H,3,6-7,12-13,17H2,1H3,(H,26,28). The molecule has 1 amide bonds. The Morgan fingerprint density at radius 1 is 1.03 bits per heavy atom. The number of thiophene rings is 1. The van der Waals surface area contributed by atoms with E-state index in [1.54, 1.807) is 11.3 Å². The van der Waals surface area contributed by atoms with Crippen molar-refractivity contribution in [3.8, 4) is 0 Å². The summed E-state index contributed by atoms with van der Waals surface area (Å²) in [7, 11) is 2.06. The number of amides is 1. The van der Waals surface area contributed by atoms with E-state index in [1.807, 2.05) is 29.6 Å². The zero-order valence-electron chi connectivity index (χ0n) is 16.9. The zero-order valence-corrected chi connectivity index (χ0v) is 17.8. The maximum atomic E-state index is 12.9. The largest absolute Gasteiger partial charge is 0.369 e. The van der Waals surface area contributed by atoms with Crippen molar-refractivity contribution in [1.29, 1.82) is 0 Å². The number of benzene rings is 2. The molecular weight excluding hydrogens is 376 g/mol. The van der Waals surface area contributed by atoms with Crippen molar-refractivity contribution in [2.24, 2.45) is 0 Å². The van der Waals surface area contributed by atoms with Crippen molar-refractivity contribution in [2.45, 2.75) is 44.6 Å². The first-order valence-electron chi connectivity index (χ1n) is 10.4. The summed E-state index contributed by atoms with van der Waals surface area (Å²) < 4.78 is 0. The molecule has 0 aliphatic heterocycles. The minimum absolute atomic E-state index is 0.0242. The van der Waals surface area contributed by atoms with Crippen molar-refractivity contribution in [3.05, 3.63) is 82.0 Å². The fraction of sp³-hybridized carbons (Fsp3) is 0.320. The summed E-state index contributed by atoms with van der Waals surface area (Å²) in [5.74, 6) is 0.614. The predicted molar refractivity (Wildman–Crippen MR) is 123 cm³/mol. The highest BCUT2D eigenvalue weighted by molar-refractivity contribution is 7.10. The molecule has 1 heterocycles. The van der Waals surface area contributed by atoms with Crippen molar-refractivity contribution in [1.82, 2.24) is 0 Å². The lowest BCUT2D eigenvalue weighted by molar-refractivity contribution is 0.102. The van der Waals surface area contributed by atoms with Gasteiger partial charge in [0.15, 0.2) is 0 Å². The normalized spacial score (nSPS) is 14.5. The first-order valence-corrected chi connectivity index (χ1v) is 11.3. The van der Waals surface area contributed by atoms with E-state index < -0.39 is 0 Å². The lowest BCUT2D eigenvalue weighted by Gasteiger charge is -2.22. The van der Waals surface area contributed by atoms with Crippen molar-refractivity contribution < 1.29 is 4.79 Å². The van der Waals surface area contributed by atoms with E-state index in [-0.39, 0.29) is 5.91 Å². The van der Waals surface area contributed by atoms with Gasteiger partial charge in [0, 0.05) is 23.8 Å². The van der Waals surface area contributed by atoms with Gasteiger partial charge in [-0.05, 0) is 42.5 Å². The molecule has 1 aliphatic carbocycles. The molecule has 1 N–H and O–H groups in total. The van der Waals surface area contributed by atoms with Crippen LogP contribution in [-0.2, 0) is 6.54 Å². The fourth-order valence-corrected chi connectivity index (χ4v) is 5.18. The number of rotatable bonds is 6. The maximum Gasteiger partial charge on any atom is 0.256 e. The van der Waals surface area contributed by atoms with Crippen LogP contribution < -0.4 is 10.2 Å². The van der Waals surface area contributed by atoms with Gasteiger partial charge in [-0.3, -0.25) is 4.79 Å². The summed E-state index contributed by atoms with van der Waals surface area (Å²) in [6, 6.07) is 20.5. The van der Waals surface area contributed by atoms with E-state index in [2.05, 4.69) is 53.7 Å². The lowest BCUT2D eigenvalue weighted by Crippen LogP contribution is -2.20. The minimum Gasteiger partial charge on any atom is -0.369 e. The van der Waals surface area contributed by atoms with Crippen LogP contribution in [-0.4, -0.2) is 13.0 Å². The Morgan fingerprint density at radius 3 is 2.55 bits per heavy atom. The number of anilines is 2. The van der Waals surface area contributed by atoms with Gasteiger partial charge >= 0.3 is 0 Å². The predicted octanol–water partition coefficient (Wildman–Crippen LogP) is 6.68. The molecule has 1 aliphatic rings. The van der Waals surface area contributed by atoms with E-state index in [0.717, 1.165) is 23.5 Å². The molecule has 0 atom stereocenters. The molecule has 1 fully saturated rings. The van der Waals surface area contributed by atoms with E-state index in [9.17, 15) is 4.79 Å². The second-order valence-corrected chi connectivity index (χ2v) is 8.83. The fourth-order valence-electron chi connectivity index (χ4n) is 4.12. The quantitative estimate of drug-likeness (QED) is 0.497. The third kappa shape index (κ3) is 4.88. The third-order valence-corrected chi connectivity index (χ3v) is 6.81. The number of hydrogen-bond donors (Lipinski definition) is 1. The molecule has 29 heavy (non-hydrogen) atoms. The summed E-state index contributed by atoms with van der Waals surface area (Å²) in [5, 5.41) is 5.15. The van der Waals surface area contributed by atoms with E-state index in [4.69, 9.17) is 0 Å². The maximum absolute atomic E-state index is 12.9. The van der Waals surface area contributed by atoms with Gasteiger partial charge in [0.05, 0.1) is 16.9 Å². The molecule has 1 saturated carbocycles. The van der Waals surface area contributed by atoms with Crippen LogP contribution in [0.25, 0.3) is 0 Å². The highest BCUT2D eigenvalue weighted by atomic mass is 32.1. The smallest absolute Gasteiger partial charge is 0.256 e. The van der Waals surface area contributed by atoms with Gasteiger partial charge in [-0.25, -0.2) is 0 Å². The van der Waals surface area contributed by atoms with Crippen LogP contribution in [0.1, 0.15) is 58.8 Å². The monoisotopic (exact) mass is 404 g/mol. The van der Waals surface area contributed by atoms with Crippen molar-refractivity contribution in [2.75, 3.05) is 17.3 Å². The highest BCUT2D eigenvalue weighted by Crippen LogP contribution is 2.36. The molecule has 4 heteroatoms. The van der Waals surface area contributed by atoms with E-state index >= 15 is 0 Å². The third-order valence-electron chi connectivity index (χ3n) is 5.72. The Hall–Kier alpha value is -2.59. The average Bonchev–Trinajstić information content (AvgIpc) is 3.26. The SMILES string of the molecule is CN(Cc1ccccc1)c1ccccc1NC(=O)c1csc(C2CCCCC2)c1. The number of nitrogens with one attached hydrogen (secondary N) is 1. The van der Waals surface area contributed by atoms with Gasteiger partial charge < -0.3 is 10.2 Å². The first kappa shape index (κ1) is 19.7. The Kier molecular flexibility index (Phi) is 6.30. The molecule has 1 aromatic heterocycles. The van der Waals surface area contributed by atoms with E-state index in [1.165, 1.54) is 42.5 Å².